The lowest BCUT2D eigenvalue weighted by molar-refractivity contribution is 0.860. The number of aromatic nitrogens is 2. The van der Waals surface area contributed by atoms with E-state index in [2.05, 4.69) is 57.9 Å². The molecule has 1 N–H and O–H groups in total. The minimum atomic E-state index is 0.846. The molecular weight excluding hydrogens is 256 g/mol. The van der Waals surface area contributed by atoms with Crippen LogP contribution in [0.5, 0.6) is 0 Å². The number of hydrogen-bond donors (Lipinski definition) is 1. The van der Waals surface area contributed by atoms with Crippen molar-refractivity contribution < 1.29 is 0 Å². The second kappa shape index (κ2) is 6.52. The van der Waals surface area contributed by atoms with Crippen molar-refractivity contribution in [1.29, 1.82) is 0 Å². The topological polar surface area (TPSA) is 41.0 Å². The minimum absolute atomic E-state index is 0.846. The molecule has 2 aromatic rings. The zero-order valence-electron chi connectivity index (χ0n) is 11.7. The summed E-state index contributed by atoms with van der Waals surface area (Å²) in [6.07, 6.45) is 0.846. The van der Waals surface area contributed by atoms with E-state index in [0.717, 1.165) is 37.0 Å². The largest absolute Gasteiger partial charge is 0.370 e. The molecule has 0 aliphatic carbocycles. The molecule has 4 nitrogen and oxygen atoms in total. The molecule has 0 unspecified atom stereocenters. The van der Waals surface area contributed by atoms with Gasteiger partial charge < -0.3 is 10.2 Å². The van der Waals surface area contributed by atoms with Crippen LogP contribution in [0.1, 0.15) is 25.2 Å². The standard InChI is InChI=1S/C14H20N4S/c1-4-12-16-13(15-5-2)8-14(17-12)18(3)9-11-6-7-19-10-11/h6-8,10H,4-5,9H2,1-3H3,(H,15,16,17). The lowest BCUT2D eigenvalue weighted by Gasteiger charge is -2.19. The van der Waals surface area contributed by atoms with E-state index in [1.807, 2.05) is 6.07 Å². The van der Waals surface area contributed by atoms with Crippen LogP contribution in [-0.4, -0.2) is 23.6 Å². The van der Waals surface area contributed by atoms with Crippen LogP contribution in [0.15, 0.2) is 22.9 Å². The Balaban J connectivity index is 2.19. The molecule has 0 atom stereocenters. The Morgan fingerprint density at radius 1 is 1.32 bits per heavy atom. The molecule has 0 spiro atoms. The first-order valence-corrected chi connectivity index (χ1v) is 7.51. The van der Waals surface area contributed by atoms with Gasteiger partial charge in [0.25, 0.3) is 0 Å². The monoisotopic (exact) mass is 276 g/mol. The summed E-state index contributed by atoms with van der Waals surface area (Å²) in [6.45, 7) is 5.89. The van der Waals surface area contributed by atoms with Gasteiger partial charge in [-0.2, -0.15) is 11.3 Å². The number of nitrogens with one attached hydrogen (secondary N) is 1. The van der Waals surface area contributed by atoms with E-state index in [-0.39, 0.29) is 0 Å². The number of rotatable bonds is 6. The van der Waals surface area contributed by atoms with Crippen molar-refractivity contribution in [2.45, 2.75) is 26.8 Å². The van der Waals surface area contributed by atoms with Crippen LogP contribution in [0, 0.1) is 0 Å². The first kappa shape index (κ1) is 13.8. The fourth-order valence-electron chi connectivity index (χ4n) is 1.85. The van der Waals surface area contributed by atoms with E-state index in [0.29, 0.717) is 0 Å². The van der Waals surface area contributed by atoms with Crippen LogP contribution >= 0.6 is 11.3 Å². The molecule has 102 valence electrons. The molecule has 5 heteroatoms. The summed E-state index contributed by atoms with van der Waals surface area (Å²) in [5.74, 6) is 2.75. The summed E-state index contributed by atoms with van der Waals surface area (Å²) in [6, 6.07) is 4.16. The molecule has 0 aliphatic rings. The zero-order chi connectivity index (χ0) is 13.7. The Labute approximate surface area is 118 Å². The molecule has 0 radical (unpaired) electrons. The maximum absolute atomic E-state index is 4.59. The van der Waals surface area contributed by atoms with E-state index in [9.17, 15) is 0 Å². The second-order valence-corrected chi connectivity index (χ2v) is 5.18. The summed E-state index contributed by atoms with van der Waals surface area (Å²) in [5.41, 5.74) is 1.31. The van der Waals surface area contributed by atoms with Gasteiger partial charge in [0.2, 0.25) is 0 Å². The van der Waals surface area contributed by atoms with Crippen molar-refractivity contribution in [3.8, 4) is 0 Å². The van der Waals surface area contributed by atoms with Crippen molar-refractivity contribution in [3.05, 3.63) is 34.3 Å². The lowest BCUT2D eigenvalue weighted by atomic mass is 10.3. The normalized spacial score (nSPS) is 10.5. The first-order valence-electron chi connectivity index (χ1n) is 6.57. The molecule has 2 aromatic heterocycles. The van der Waals surface area contributed by atoms with Gasteiger partial charge in [0.05, 0.1) is 0 Å². The predicted molar refractivity (Wildman–Crippen MR) is 82.0 cm³/mol. The fraction of sp³-hybridized carbons (Fsp3) is 0.429. The molecule has 0 saturated heterocycles. The van der Waals surface area contributed by atoms with Crippen LogP contribution < -0.4 is 10.2 Å². The highest BCUT2D eigenvalue weighted by molar-refractivity contribution is 7.07. The van der Waals surface area contributed by atoms with Crippen molar-refractivity contribution in [2.75, 3.05) is 23.8 Å². The van der Waals surface area contributed by atoms with Crippen LogP contribution in [0.4, 0.5) is 11.6 Å². The molecule has 0 aromatic carbocycles. The molecule has 0 bridgehead atoms. The van der Waals surface area contributed by atoms with Crippen molar-refractivity contribution in [2.24, 2.45) is 0 Å². The number of thiophene rings is 1. The smallest absolute Gasteiger partial charge is 0.134 e. The van der Waals surface area contributed by atoms with Gasteiger partial charge in [0.15, 0.2) is 0 Å². The van der Waals surface area contributed by atoms with Crippen LogP contribution in [0.3, 0.4) is 0 Å². The Hall–Kier alpha value is -1.62. The summed E-state index contributed by atoms with van der Waals surface area (Å²) in [4.78, 5) is 11.2. The summed E-state index contributed by atoms with van der Waals surface area (Å²) in [5, 5.41) is 7.53. The maximum Gasteiger partial charge on any atom is 0.134 e. The average Bonchev–Trinajstić information content (AvgIpc) is 2.91. The zero-order valence-corrected chi connectivity index (χ0v) is 12.5. The summed E-state index contributed by atoms with van der Waals surface area (Å²) >= 11 is 1.72. The van der Waals surface area contributed by atoms with Crippen molar-refractivity contribution in [1.82, 2.24) is 9.97 Å². The minimum Gasteiger partial charge on any atom is -0.370 e. The lowest BCUT2D eigenvalue weighted by Crippen LogP contribution is -2.19. The van der Waals surface area contributed by atoms with Gasteiger partial charge >= 0.3 is 0 Å². The number of aryl methyl sites for hydroxylation is 1. The van der Waals surface area contributed by atoms with E-state index in [1.54, 1.807) is 11.3 Å². The molecule has 0 saturated carbocycles. The van der Waals surface area contributed by atoms with E-state index in [4.69, 9.17) is 0 Å². The average molecular weight is 276 g/mol. The summed E-state index contributed by atoms with van der Waals surface area (Å²) < 4.78 is 0. The Kier molecular flexibility index (Phi) is 4.74. The highest BCUT2D eigenvalue weighted by atomic mass is 32.1. The highest BCUT2D eigenvalue weighted by Crippen LogP contribution is 2.18. The predicted octanol–water partition coefficient (Wildman–Crippen LogP) is 3.17. The van der Waals surface area contributed by atoms with Crippen LogP contribution in [-0.2, 0) is 13.0 Å². The van der Waals surface area contributed by atoms with Gasteiger partial charge in [-0.1, -0.05) is 6.92 Å². The van der Waals surface area contributed by atoms with Gasteiger partial charge in [-0.25, -0.2) is 9.97 Å². The maximum atomic E-state index is 4.59. The highest BCUT2D eigenvalue weighted by Gasteiger charge is 2.08. The van der Waals surface area contributed by atoms with Crippen molar-refractivity contribution >= 4 is 23.0 Å². The molecule has 0 amide bonds. The third-order valence-electron chi connectivity index (χ3n) is 2.82. The van der Waals surface area contributed by atoms with Gasteiger partial charge in [-0.3, -0.25) is 0 Å². The Bertz CT molecular complexity index is 510. The van der Waals surface area contributed by atoms with Crippen LogP contribution in [0.2, 0.25) is 0 Å². The second-order valence-electron chi connectivity index (χ2n) is 4.40. The quantitative estimate of drug-likeness (QED) is 0.880. The van der Waals surface area contributed by atoms with E-state index >= 15 is 0 Å². The van der Waals surface area contributed by atoms with Gasteiger partial charge in [-0.15, -0.1) is 0 Å². The molecule has 2 heterocycles. The number of anilines is 2. The van der Waals surface area contributed by atoms with Crippen LogP contribution in [0.25, 0.3) is 0 Å². The molecule has 0 fully saturated rings. The van der Waals surface area contributed by atoms with E-state index in [1.165, 1.54) is 5.56 Å². The van der Waals surface area contributed by atoms with Crippen molar-refractivity contribution in [3.63, 3.8) is 0 Å². The third-order valence-corrected chi connectivity index (χ3v) is 3.56. The Morgan fingerprint density at radius 2 is 2.16 bits per heavy atom. The number of nitrogens with zero attached hydrogens (tertiary/aromatic N) is 3. The Morgan fingerprint density at radius 3 is 2.79 bits per heavy atom. The number of hydrogen-bond acceptors (Lipinski definition) is 5. The molecule has 0 aliphatic heterocycles. The van der Waals surface area contributed by atoms with E-state index < -0.39 is 0 Å². The summed E-state index contributed by atoms with van der Waals surface area (Å²) in [7, 11) is 2.06. The molecule has 2 rings (SSSR count). The third kappa shape index (κ3) is 3.67. The first-order chi connectivity index (χ1) is 9.22. The molecule has 19 heavy (non-hydrogen) atoms. The molecular formula is C14H20N4S. The fourth-order valence-corrected chi connectivity index (χ4v) is 2.51. The van der Waals surface area contributed by atoms with Gasteiger partial charge in [-0.05, 0) is 29.3 Å². The van der Waals surface area contributed by atoms with Gasteiger partial charge in [0, 0.05) is 32.6 Å². The SMILES string of the molecule is CCNc1cc(N(C)Cc2ccsc2)nc(CC)n1. The van der Waals surface area contributed by atoms with Gasteiger partial charge in [0.1, 0.15) is 17.5 Å².